The minimum Gasteiger partial charge on any atom is -0.322 e. The summed E-state index contributed by atoms with van der Waals surface area (Å²) in [6.07, 6.45) is 11.7. The maximum atomic E-state index is 12.4. The van der Waals surface area contributed by atoms with Gasteiger partial charge in [-0.2, -0.15) is 0 Å². The van der Waals surface area contributed by atoms with Crippen molar-refractivity contribution in [3.8, 4) is 0 Å². The summed E-state index contributed by atoms with van der Waals surface area (Å²) in [5, 5.41) is 2.29. The van der Waals surface area contributed by atoms with Gasteiger partial charge in [-0.3, -0.25) is 19.7 Å². The van der Waals surface area contributed by atoms with Gasteiger partial charge < -0.3 is 4.90 Å². The fourth-order valence-corrected chi connectivity index (χ4v) is 2.64. The van der Waals surface area contributed by atoms with Crippen LogP contribution in [-0.2, 0) is 14.4 Å². The average molecular weight is 270 g/mol. The quantitative estimate of drug-likeness (QED) is 0.710. The van der Waals surface area contributed by atoms with Gasteiger partial charge in [0.25, 0.3) is 5.91 Å². The number of hydrogen-bond donors (Lipinski definition) is 1. The summed E-state index contributed by atoms with van der Waals surface area (Å²) in [5.41, 5.74) is 1.52. The van der Waals surface area contributed by atoms with Gasteiger partial charge in [0.15, 0.2) is 0 Å². The smallest absolute Gasteiger partial charge is 0.255 e. The molecule has 1 N–H and O–H groups in total. The molecule has 0 aromatic rings. The van der Waals surface area contributed by atoms with E-state index in [1.807, 2.05) is 30.4 Å². The van der Waals surface area contributed by atoms with Gasteiger partial charge in [0.1, 0.15) is 6.04 Å². The zero-order valence-electron chi connectivity index (χ0n) is 10.8. The molecular weight excluding hydrogens is 256 g/mol. The largest absolute Gasteiger partial charge is 0.322 e. The van der Waals surface area contributed by atoms with Gasteiger partial charge in [-0.05, 0) is 18.1 Å². The van der Waals surface area contributed by atoms with Crippen molar-refractivity contribution in [3.63, 3.8) is 0 Å². The lowest BCUT2D eigenvalue weighted by atomic mass is 10.0. The van der Waals surface area contributed by atoms with Crippen LogP contribution in [0.15, 0.2) is 47.6 Å². The third kappa shape index (κ3) is 2.11. The lowest BCUT2D eigenvalue weighted by Crippen LogP contribution is -2.52. The molecule has 1 atom stereocenters. The first-order valence-electron chi connectivity index (χ1n) is 6.56. The number of amides is 3. The molecule has 1 unspecified atom stereocenters. The molecule has 102 valence electrons. The summed E-state index contributed by atoms with van der Waals surface area (Å²) in [7, 11) is 0. The minimum absolute atomic E-state index is 0.148. The lowest BCUT2D eigenvalue weighted by molar-refractivity contribution is -0.142. The SMILES string of the molecule is O=C1CCC(N2CC3=C\C=C/C=C/C=C\3C2=O)C(=O)N1. The van der Waals surface area contributed by atoms with Crippen LogP contribution in [0.5, 0.6) is 0 Å². The fourth-order valence-electron chi connectivity index (χ4n) is 2.64. The third-order valence-corrected chi connectivity index (χ3v) is 3.66. The van der Waals surface area contributed by atoms with E-state index < -0.39 is 6.04 Å². The third-order valence-electron chi connectivity index (χ3n) is 3.66. The number of carbonyl (C=O) groups is 3. The Hall–Kier alpha value is -2.43. The number of nitrogens with zero attached hydrogens (tertiary/aromatic N) is 1. The monoisotopic (exact) mass is 270 g/mol. The summed E-state index contributed by atoms with van der Waals surface area (Å²) in [6, 6.07) is -0.553. The molecule has 0 bridgehead atoms. The van der Waals surface area contributed by atoms with Crippen molar-refractivity contribution in [3.05, 3.63) is 47.6 Å². The van der Waals surface area contributed by atoms with Gasteiger partial charge in [-0.25, -0.2) is 0 Å². The molecule has 3 rings (SSSR count). The van der Waals surface area contributed by atoms with Crippen LogP contribution >= 0.6 is 0 Å². The molecular formula is C15H14N2O3. The number of piperidine rings is 1. The van der Waals surface area contributed by atoms with Crippen molar-refractivity contribution >= 4 is 17.7 Å². The van der Waals surface area contributed by atoms with Crippen LogP contribution in [0.2, 0.25) is 0 Å². The van der Waals surface area contributed by atoms with E-state index in [-0.39, 0.29) is 24.1 Å². The molecule has 5 heteroatoms. The van der Waals surface area contributed by atoms with E-state index in [2.05, 4.69) is 5.32 Å². The van der Waals surface area contributed by atoms with Crippen LogP contribution in [0.25, 0.3) is 0 Å². The highest BCUT2D eigenvalue weighted by Crippen LogP contribution is 2.28. The number of rotatable bonds is 1. The summed E-state index contributed by atoms with van der Waals surface area (Å²) in [6.45, 7) is 0.412. The zero-order valence-corrected chi connectivity index (χ0v) is 10.8. The van der Waals surface area contributed by atoms with Crippen molar-refractivity contribution in [1.82, 2.24) is 10.2 Å². The van der Waals surface area contributed by atoms with Crippen LogP contribution in [0.1, 0.15) is 12.8 Å². The van der Waals surface area contributed by atoms with E-state index in [0.29, 0.717) is 18.5 Å². The van der Waals surface area contributed by atoms with Gasteiger partial charge in [0.05, 0.1) is 0 Å². The molecule has 2 heterocycles. The Labute approximate surface area is 116 Å². The average Bonchev–Trinajstić information content (AvgIpc) is 2.66. The highest BCUT2D eigenvalue weighted by molar-refractivity contribution is 6.07. The van der Waals surface area contributed by atoms with Crippen LogP contribution in [0.4, 0.5) is 0 Å². The molecule has 0 radical (unpaired) electrons. The van der Waals surface area contributed by atoms with Crippen LogP contribution in [0.3, 0.4) is 0 Å². The maximum absolute atomic E-state index is 12.4. The number of hydrogen-bond acceptors (Lipinski definition) is 3. The normalized spacial score (nSPS) is 34.1. The predicted molar refractivity (Wildman–Crippen MR) is 72.3 cm³/mol. The fraction of sp³-hybridized carbons (Fsp3) is 0.267. The highest BCUT2D eigenvalue weighted by Gasteiger charge is 2.40. The van der Waals surface area contributed by atoms with Crippen molar-refractivity contribution in [2.75, 3.05) is 6.54 Å². The Morgan fingerprint density at radius 2 is 1.80 bits per heavy atom. The Kier molecular flexibility index (Phi) is 3.10. The summed E-state index contributed by atoms with van der Waals surface area (Å²) >= 11 is 0. The number of imide groups is 1. The number of carbonyl (C=O) groups excluding carboxylic acids is 3. The van der Waals surface area contributed by atoms with E-state index in [9.17, 15) is 14.4 Å². The van der Waals surface area contributed by atoms with E-state index in [0.717, 1.165) is 5.57 Å². The van der Waals surface area contributed by atoms with Gasteiger partial charge in [0.2, 0.25) is 11.8 Å². The zero-order chi connectivity index (χ0) is 14.1. The van der Waals surface area contributed by atoms with Crippen molar-refractivity contribution in [2.45, 2.75) is 18.9 Å². The van der Waals surface area contributed by atoms with Crippen molar-refractivity contribution in [2.24, 2.45) is 0 Å². The number of nitrogens with one attached hydrogen (secondary N) is 1. The second-order valence-electron chi connectivity index (χ2n) is 4.94. The molecule has 1 aliphatic carbocycles. The van der Waals surface area contributed by atoms with Crippen molar-refractivity contribution in [1.29, 1.82) is 0 Å². The van der Waals surface area contributed by atoms with Crippen molar-refractivity contribution < 1.29 is 14.4 Å². The van der Waals surface area contributed by atoms with Crippen LogP contribution in [0, 0.1) is 0 Å². The molecule has 0 saturated carbocycles. The van der Waals surface area contributed by atoms with E-state index >= 15 is 0 Å². The number of likely N-dealkylation sites (tertiary alicyclic amines) is 1. The first-order chi connectivity index (χ1) is 9.66. The molecule has 0 aromatic carbocycles. The van der Waals surface area contributed by atoms with E-state index in [1.165, 1.54) is 0 Å². The predicted octanol–water partition coefficient (Wildman–Crippen LogP) is 0.613. The minimum atomic E-state index is -0.553. The van der Waals surface area contributed by atoms with Gasteiger partial charge in [-0.15, -0.1) is 0 Å². The topological polar surface area (TPSA) is 66.5 Å². The molecule has 2 saturated heterocycles. The molecule has 5 nitrogen and oxygen atoms in total. The molecule has 2 fully saturated rings. The molecule has 0 aromatic heterocycles. The van der Waals surface area contributed by atoms with E-state index in [4.69, 9.17) is 0 Å². The lowest BCUT2D eigenvalue weighted by Gasteiger charge is -2.28. The molecule has 2 aliphatic heterocycles. The summed E-state index contributed by atoms with van der Waals surface area (Å²) < 4.78 is 0. The van der Waals surface area contributed by atoms with Gasteiger partial charge in [-0.1, -0.05) is 30.4 Å². The van der Waals surface area contributed by atoms with Gasteiger partial charge >= 0.3 is 0 Å². The molecule has 20 heavy (non-hydrogen) atoms. The van der Waals surface area contributed by atoms with E-state index in [1.54, 1.807) is 11.0 Å². The highest BCUT2D eigenvalue weighted by atomic mass is 16.2. The summed E-state index contributed by atoms with van der Waals surface area (Å²) in [4.78, 5) is 37.0. The standard InChI is InChI=1S/C15H14N2O3/c18-13-8-7-12(14(19)16-13)17-9-10-5-3-1-2-4-6-11(10)15(17)20/h1-6,12H,7-9H2,(H,16,18,19)/b2-1?,3-1-,4-2+,5-3?,6-4?,10-5+,11-6+. The Bertz CT molecular complexity index is 611. The number of fused-ring (bicyclic) bond motifs is 1. The Morgan fingerprint density at radius 3 is 2.55 bits per heavy atom. The first kappa shape index (κ1) is 12.6. The van der Waals surface area contributed by atoms with Crippen LogP contribution in [-0.4, -0.2) is 35.2 Å². The Morgan fingerprint density at radius 1 is 1.05 bits per heavy atom. The second kappa shape index (κ2) is 4.92. The van der Waals surface area contributed by atoms with Gasteiger partial charge in [0, 0.05) is 18.5 Å². The summed E-state index contributed by atoms with van der Waals surface area (Å²) in [5.74, 6) is -0.796. The maximum Gasteiger partial charge on any atom is 0.255 e. The second-order valence-corrected chi connectivity index (χ2v) is 4.94. The Balaban J connectivity index is 1.88. The number of allylic oxidation sites excluding steroid dienone is 6. The molecule has 3 amide bonds. The molecule has 3 aliphatic rings. The van der Waals surface area contributed by atoms with Crippen LogP contribution < -0.4 is 5.32 Å². The molecule has 0 spiro atoms. The first-order valence-corrected chi connectivity index (χ1v) is 6.56.